The van der Waals surface area contributed by atoms with Crippen molar-refractivity contribution in [1.29, 1.82) is 0 Å². The first-order valence-corrected chi connectivity index (χ1v) is 8.67. The molecule has 0 saturated carbocycles. The second kappa shape index (κ2) is 6.98. The summed E-state index contributed by atoms with van der Waals surface area (Å²) >= 11 is 0. The molecule has 0 aliphatic carbocycles. The van der Waals surface area contributed by atoms with E-state index in [1.54, 1.807) is 25.7 Å². The molecule has 25 heavy (non-hydrogen) atoms. The van der Waals surface area contributed by atoms with Gasteiger partial charge in [-0.2, -0.15) is 0 Å². The van der Waals surface area contributed by atoms with Crippen molar-refractivity contribution >= 4 is 0 Å². The highest BCUT2D eigenvalue weighted by Gasteiger charge is 2.48. The molecule has 0 bridgehead atoms. The molecule has 2 fully saturated rings. The number of rotatable bonds is 5. The lowest BCUT2D eigenvalue weighted by Gasteiger charge is -2.53. The SMILES string of the molecule is COc1ncccc1CN1CC2(C[C@H](Oc3cccnc3)CCO2)C1. The van der Waals surface area contributed by atoms with Gasteiger partial charge in [-0.1, -0.05) is 6.07 Å². The number of likely N-dealkylation sites (tertiary alicyclic amines) is 1. The third kappa shape index (κ3) is 3.60. The zero-order valence-electron chi connectivity index (χ0n) is 14.4. The summed E-state index contributed by atoms with van der Waals surface area (Å²) in [5, 5.41) is 0. The fourth-order valence-electron chi connectivity index (χ4n) is 3.76. The number of hydrogen-bond acceptors (Lipinski definition) is 6. The number of hydrogen-bond donors (Lipinski definition) is 0. The Balaban J connectivity index is 1.33. The molecule has 0 aromatic carbocycles. The van der Waals surface area contributed by atoms with Gasteiger partial charge in [-0.25, -0.2) is 4.98 Å². The summed E-state index contributed by atoms with van der Waals surface area (Å²) in [4.78, 5) is 10.7. The van der Waals surface area contributed by atoms with Crippen LogP contribution in [-0.4, -0.2) is 53.4 Å². The molecule has 6 nitrogen and oxygen atoms in total. The molecule has 2 aromatic rings. The highest BCUT2D eigenvalue weighted by Crippen LogP contribution is 2.36. The highest BCUT2D eigenvalue weighted by molar-refractivity contribution is 5.26. The Morgan fingerprint density at radius 3 is 2.96 bits per heavy atom. The summed E-state index contributed by atoms with van der Waals surface area (Å²) in [5.74, 6) is 1.53. The van der Waals surface area contributed by atoms with E-state index in [1.807, 2.05) is 18.2 Å². The van der Waals surface area contributed by atoms with E-state index in [9.17, 15) is 0 Å². The van der Waals surface area contributed by atoms with Crippen molar-refractivity contribution in [3.63, 3.8) is 0 Å². The van der Waals surface area contributed by atoms with E-state index < -0.39 is 0 Å². The van der Waals surface area contributed by atoms with Gasteiger partial charge in [0.05, 0.1) is 25.5 Å². The Hall–Kier alpha value is -2.18. The van der Waals surface area contributed by atoms with Crippen LogP contribution in [-0.2, 0) is 11.3 Å². The van der Waals surface area contributed by atoms with Gasteiger partial charge in [0.2, 0.25) is 5.88 Å². The van der Waals surface area contributed by atoms with Gasteiger partial charge >= 0.3 is 0 Å². The van der Waals surface area contributed by atoms with E-state index in [4.69, 9.17) is 14.2 Å². The first-order chi connectivity index (χ1) is 12.3. The van der Waals surface area contributed by atoms with Crippen LogP contribution in [0.25, 0.3) is 0 Å². The molecule has 0 unspecified atom stereocenters. The maximum atomic E-state index is 6.11. The number of methoxy groups -OCH3 is 1. The zero-order valence-corrected chi connectivity index (χ0v) is 14.4. The van der Waals surface area contributed by atoms with Crippen LogP contribution in [0.4, 0.5) is 0 Å². The van der Waals surface area contributed by atoms with E-state index in [2.05, 4.69) is 20.9 Å². The Labute approximate surface area is 147 Å². The van der Waals surface area contributed by atoms with Gasteiger partial charge in [-0.05, 0) is 18.2 Å². The maximum absolute atomic E-state index is 6.11. The molecule has 4 rings (SSSR count). The molecule has 6 heteroatoms. The monoisotopic (exact) mass is 341 g/mol. The normalized spacial score (nSPS) is 22.4. The van der Waals surface area contributed by atoms with Crippen LogP contribution >= 0.6 is 0 Å². The predicted octanol–water partition coefficient (Wildman–Crippen LogP) is 2.30. The summed E-state index contributed by atoms with van der Waals surface area (Å²) in [6.07, 6.45) is 7.31. The molecule has 0 amide bonds. The molecular weight excluding hydrogens is 318 g/mol. The average Bonchev–Trinajstić information content (AvgIpc) is 2.62. The van der Waals surface area contributed by atoms with Crippen molar-refractivity contribution in [2.24, 2.45) is 0 Å². The zero-order chi connectivity index (χ0) is 17.1. The number of nitrogens with zero attached hydrogens (tertiary/aromatic N) is 3. The predicted molar refractivity (Wildman–Crippen MR) is 92.6 cm³/mol. The summed E-state index contributed by atoms with van der Waals surface area (Å²) in [7, 11) is 1.66. The van der Waals surface area contributed by atoms with Crippen LogP contribution < -0.4 is 9.47 Å². The minimum Gasteiger partial charge on any atom is -0.489 e. The first-order valence-electron chi connectivity index (χ1n) is 8.67. The van der Waals surface area contributed by atoms with Gasteiger partial charge in [0.25, 0.3) is 0 Å². The number of aromatic nitrogens is 2. The van der Waals surface area contributed by atoms with Gasteiger partial charge in [-0.3, -0.25) is 9.88 Å². The lowest BCUT2D eigenvalue weighted by Crippen LogP contribution is -2.65. The van der Waals surface area contributed by atoms with Gasteiger partial charge < -0.3 is 14.2 Å². The Bertz CT molecular complexity index is 704. The Morgan fingerprint density at radius 1 is 1.28 bits per heavy atom. The highest BCUT2D eigenvalue weighted by atomic mass is 16.5. The Morgan fingerprint density at radius 2 is 2.16 bits per heavy atom. The van der Waals surface area contributed by atoms with Crippen LogP contribution in [0, 0.1) is 0 Å². The van der Waals surface area contributed by atoms with E-state index in [1.165, 1.54) is 0 Å². The summed E-state index contributed by atoms with van der Waals surface area (Å²) < 4.78 is 17.5. The molecule has 2 aromatic heterocycles. The van der Waals surface area contributed by atoms with E-state index >= 15 is 0 Å². The van der Waals surface area contributed by atoms with Crippen LogP contribution in [0.15, 0.2) is 42.9 Å². The second-order valence-electron chi connectivity index (χ2n) is 6.77. The molecule has 1 atom stereocenters. The van der Waals surface area contributed by atoms with Crippen molar-refractivity contribution in [1.82, 2.24) is 14.9 Å². The van der Waals surface area contributed by atoms with Crippen LogP contribution in [0.1, 0.15) is 18.4 Å². The minimum absolute atomic E-state index is 0.0828. The summed E-state index contributed by atoms with van der Waals surface area (Å²) in [5.41, 5.74) is 1.03. The van der Waals surface area contributed by atoms with Crippen LogP contribution in [0.2, 0.25) is 0 Å². The minimum atomic E-state index is -0.0828. The fraction of sp³-hybridized carbons (Fsp3) is 0.474. The molecule has 2 saturated heterocycles. The van der Waals surface area contributed by atoms with Crippen molar-refractivity contribution in [2.45, 2.75) is 31.1 Å². The molecule has 0 N–H and O–H groups in total. The van der Waals surface area contributed by atoms with E-state index in [-0.39, 0.29) is 11.7 Å². The lowest BCUT2D eigenvalue weighted by atomic mass is 9.84. The average molecular weight is 341 g/mol. The molecule has 0 radical (unpaired) electrons. The molecule has 132 valence electrons. The quantitative estimate of drug-likeness (QED) is 0.832. The van der Waals surface area contributed by atoms with Gasteiger partial charge in [0, 0.05) is 50.4 Å². The summed E-state index contributed by atoms with van der Waals surface area (Å²) in [6, 6.07) is 7.86. The standard InChI is InChI=1S/C19H23N3O3/c1-23-18-15(4-2-8-21-18)12-22-13-19(14-22)10-16(6-9-24-19)25-17-5-3-7-20-11-17/h2-5,7-8,11,16H,6,9-10,12-14H2,1H3/t16-/m1/s1. The van der Waals surface area contributed by atoms with E-state index in [0.29, 0.717) is 5.88 Å². The lowest BCUT2D eigenvalue weighted by molar-refractivity contribution is -0.188. The van der Waals surface area contributed by atoms with Crippen molar-refractivity contribution in [3.05, 3.63) is 48.4 Å². The third-order valence-corrected chi connectivity index (χ3v) is 4.85. The molecule has 2 aliphatic heterocycles. The largest absolute Gasteiger partial charge is 0.489 e. The molecule has 2 aliphatic rings. The van der Waals surface area contributed by atoms with Gasteiger partial charge in [0.15, 0.2) is 0 Å². The number of pyridine rings is 2. The molecule has 1 spiro atoms. The molecule has 4 heterocycles. The topological polar surface area (TPSA) is 56.7 Å². The van der Waals surface area contributed by atoms with Crippen molar-refractivity contribution < 1.29 is 14.2 Å². The smallest absolute Gasteiger partial charge is 0.217 e. The van der Waals surface area contributed by atoms with Crippen LogP contribution in [0.3, 0.4) is 0 Å². The fourth-order valence-corrected chi connectivity index (χ4v) is 3.76. The van der Waals surface area contributed by atoms with E-state index in [0.717, 1.165) is 50.4 Å². The van der Waals surface area contributed by atoms with Crippen molar-refractivity contribution in [2.75, 3.05) is 26.8 Å². The second-order valence-corrected chi connectivity index (χ2v) is 6.77. The third-order valence-electron chi connectivity index (χ3n) is 4.85. The van der Waals surface area contributed by atoms with Crippen molar-refractivity contribution in [3.8, 4) is 11.6 Å². The first kappa shape index (κ1) is 16.3. The van der Waals surface area contributed by atoms with Crippen LogP contribution in [0.5, 0.6) is 11.6 Å². The summed E-state index contributed by atoms with van der Waals surface area (Å²) in [6.45, 7) is 3.40. The number of ether oxygens (including phenoxy) is 3. The molecular formula is C19H23N3O3. The van der Waals surface area contributed by atoms with Gasteiger partial charge in [0.1, 0.15) is 11.9 Å². The van der Waals surface area contributed by atoms with Gasteiger partial charge in [-0.15, -0.1) is 0 Å². The maximum Gasteiger partial charge on any atom is 0.217 e. The Kier molecular flexibility index (Phi) is 4.55.